The van der Waals surface area contributed by atoms with Gasteiger partial charge in [0.25, 0.3) is 5.91 Å². The highest BCUT2D eigenvalue weighted by atomic mass is 79.9. The summed E-state index contributed by atoms with van der Waals surface area (Å²) in [5, 5.41) is 7.44. The zero-order valence-electron chi connectivity index (χ0n) is 12.9. The van der Waals surface area contributed by atoms with Crippen molar-refractivity contribution >= 4 is 27.5 Å². The third kappa shape index (κ3) is 3.05. The third-order valence-electron chi connectivity index (χ3n) is 3.64. The lowest BCUT2D eigenvalue weighted by molar-refractivity contribution is 0.102. The number of amides is 1. The molecule has 0 aliphatic carbocycles. The number of nitrogens with one attached hydrogen (secondary N) is 1. The topological polar surface area (TPSA) is 46.9 Å². The van der Waals surface area contributed by atoms with E-state index in [0.717, 1.165) is 21.5 Å². The van der Waals surface area contributed by atoms with Crippen molar-refractivity contribution in [2.45, 2.75) is 13.8 Å². The van der Waals surface area contributed by atoms with Crippen molar-refractivity contribution in [1.29, 1.82) is 0 Å². The van der Waals surface area contributed by atoms with Crippen LogP contribution in [0.15, 0.2) is 59.1 Å². The first-order chi connectivity index (χ1) is 11.1. The molecule has 2 aromatic carbocycles. The number of hydrogen-bond acceptors (Lipinski definition) is 2. The minimum absolute atomic E-state index is 0.158. The maximum Gasteiger partial charge on any atom is 0.259 e. The van der Waals surface area contributed by atoms with Crippen LogP contribution in [0.5, 0.6) is 0 Å². The molecule has 0 aliphatic heterocycles. The second kappa shape index (κ2) is 6.38. The Morgan fingerprint density at radius 2 is 1.70 bits per heavy atom. The quantitative estimate of drug-likeness (QED) is 0.738. The minimum atomic E-state index is -0.158. The van der Waals surface area contributed by atoms with Gasteiger partial charge in [0.1, 0.15) is 0 Å². The van der Waals surface area contributed by atoms with Gasteiger partial charge in [-0.1, -0.05) is 30.3 Å². The lowest BCUT2D eigenvalue weighted by Crippen LogP contribution is -2.14. The number of carbonyl (C=O) groups excluding carboxylic acids is 1. The van der Waals surface area contributed by atoms with Gasteiger partial charge in [-0.3, -0.25) is 4.79 Å². The summed E-state index contributed by atoms with van der Waals surface area (Å²) in [6.45, 7) is 3.75. The van der Waals surface area contributed by atoms with Crippen molar-refractivity contribution in [2.75, 3.05) is 5.32 Å². The number of anilines is 1. The first-order valence-corrected chi connectivity index (χ1v) is 8.04. The Morgan fingerprint density at radius 1 is 1.04 bits per heavy atom. The molecule has 1 amide bonds. The summed E-state index contributed by atoms with van der Waals surface area (Å²) in [5.41, 5.74) is 3.80. The Labute approximate surface area is 143 Å². The molecule has 3 rings (SSSR count). The van der Waals surface area contributed by atoms with Crippen molar-refractivity contribution in [1.82, 2.24) is 9.78 Å². The van der Waals surface area contributed by atoms with E-state index in [2.05, 4.69) is 26.3 Å². The van der Waals surface area contributed by atoms with E-state index >= 15 is 0 Å². The van der Waals surface area contributed by atoms with Crippen molar-refractivity contribution in [3.8, 4) is 5.69 Å². The van der Waals surface area contributed by atoms with Gasteiger partial charge in [0.15, 0.2) is 0 Å². The first-order valence-electron chi connectivity index (χ1n) is 7.25. The van der Waals surface area contributed by atoms with Crippen LogP contribution in [0.3, 0.4) is 0 Å². The van der Waals surface area contributed by atoms with Gasteiger partial charge in [-0.15, -0.1) is 0 Å². The van der Waals surface area contributed by atoms with Crippen LogP contribution in [-0.2, 0) is 0 Å². The predicted molar refractivity (Wildman–Crippen MR) is 95.1 cm³/mol. The van der Waals surface area contributed by atoms with E-state index < -0.39 is 0 Å². The highest BCUT2D eigenvalue weighted by Crippen LogP contribution is 2.24. The lowest BCUT2D eigenvalue weighted by atomic mass is 10.1. The van der Waals surface area contributed by atoms with Gasteiger partial charge in [-0.2, -0.15) is 5.10 Å². The van der Waals surface area contributed by atoms with Gasteiger partial charge in [-0.25, -0.2) is 4.68 Å². The largest absolute Gasteiger partial charge is 0.321 e. The van der Waals surface area contributed by atoms with E-state index in [9.17, 15) is 4.79 Å². The molecule has 0 fully saturated rings. The Balaban J connectivity index is 1.96. The molecule has 4 nitrogen and oxygen atoms in total. The van der Waals surface area contributed by atoms with Gasteiger partial charge in [0.05, 0.1) is 28.3 Å². The fourth-order valence-corrected chi connectivity index (χ4v) is 2.92. The molecule has 116 valence electrons. The standard InChI is InChI=1S/C18H16BrN3O/c1-12-17(18(23)20-16-11-7-6-10-15(16)19)13(2)22(21-12)14-8-4-3-5-9-14/h3-11H,1-2H3,(H,20,23). The number of rotatable bonds is 3. The number of nitrogens with zero attached hydrogens (tertiary/aromatic N) is 2. The molecule has 3 aromatic rings. The first kappa shape index (κ1) is 15.5. The van der Waals surface area contributed by atoms with Gasteiger partial charge in [-0.05, 0) is 54.0 Å². The van der Waals surface area contributed by atoms with E-state index in [-0.39, 0.29) is 5.91 Å². The van der Waals surface area contributed by atoms with Crippen LogP contribution in [-0.4, -0.2) is 15.7 Å². The number of aryl methyl sites for hydroxylation is 1. The fourth-order valence-electron chi connectivity index (χ4n) is 2.54. The smallest absolute Gasteiger partial charge is 0.259 e. The summed E-state index contributed by atoms with van der Waals surface area (Å²) in [7, 11) is 0. The van der Waals surface area contributed by atoms with Crippen molar-refractivity contribution < 1.29 is 4.79 Å². The fraction of sp³-hybridized carbons (Fsp3) is 0.111. The van der Waals surface area contributed by atoms with Gasteiger partial charge in [0.2, 0.25) is 0 Å². The van der Waals surface area contributed by atoms with Crippen LogP contribution in [0, 0.1) is 13.8 Å². The van der Waals surface area contributed by atoms with Gasteiger partial charge < -0.3 is 5.32 Å². The maximum absolute atomic E-state index is 12.7. The van der Waals surface area contributed by atoms with Crippen LogP contribution in [0.2, 0.25) is 0 Å². The molecule has 1 N–H and O–H groups in total. The van der Waals surface area contributed by atoms with Crippen LogP contribution >= 0.6 is 15.9 Å². The van der Waals surface area contributed by atoms with Crippen LogP contribution in [0.1, 0.15) is 21.7 Å². The van der Waals surface area contributed by atoms with E-state index in [1.165, 1.54) is 0 Å². The average Bonchev–Trinajstić information content (AvgIpc) is 2.85. The summed E-state index contributed by atoms with van der Waals surface area (Å²) in [6, 6.07) is 17.3. The second-order valence-electron chi connectivity index (χ2n) is 5.23. The molecule has 0 bridgehead atoms. The molecule has 0 aliphatic rings. The van der Waals surface area contributed by atoms with Crippen molar-refractivity contribution in [2.24, 2.45) is 0 Å². The number of para-hydroxylation sites is 2. The molecule has 1 aromatic heterocycles. The molecular weight excluding hydrogens is 354 g/mol. The van der Waals surface area contributed by atoms with Crippen molar-refractivity contribution in [3.63, 3.8) is 0 Å². The van der Waals surface area contributed by atoms with Crippen LogP contribution in [0.25, 0.3) is 5.69 Å². The molecule has 0 spiro atoms. The molecule has 0 unspecified atom stereocenters. The molecule has 0 saturated heterocycles. The summed E-state index contributed by atoms with van der Waals surface area (Å²) in [5.74, 6) is -0.158. The Bertz CT molecular complexity index is 856. The highest BCUT2D eigenvalue weighted by Gasteiger charge is 2.20. The molecule has 1 heterocycles. The maximum atomic E-state index is 12.7. The second-order valence-corrected chi connectivity index (χ2v) is 6.08. The van der Waals surface area contributed by atoms with E-state index in [4.69, 9.17) is 0 Å². The normalized spacial score (nSPS) is 10.6. The molecule has 0 radical (unpaired) electrons. The van der Waals surface area contributed by atoms with E-state index in [0.29, 0.717) is 11.3 Å². The molecule has 23 heavy (non-hydrogen) atoms. The molecular formula is C18H16BrN3O. The monoisotopic (exact) mass is 369 g/mol. The van der Waals surface area contributed by atoms with E-state index in [1.807, 2.05) is 68.4 Å². The molecule has 5 heteroatoms. The summed E-state index contributed by atoms with van der Waals surface area (Å²) >= 11 is 3.44. The lowest BCUT2D eigenvalue weighted by Gasteiger charge is -2.08. The summed E-state index contributed by atoms with van der Waals surface area (Å²) in [4.78, 5) is 12.7. The van der Waals surface area contributed by atoms with Crippen LogP contribution in [0.4, 0.5) is 5.69 Å². The molecule has 0 saturated carbocycles. The number of hydrogen-bond donors (Lipinski definition) is 1. The zero-order valence-corrected chi connectivity index (χ0v) is 14.5. The number of benzene rings is 2. The SMILES string of the molecule is Cc1nn(-c2ccccc2)c(C)c1C(=O)Nc1ccccc1Br. The third-order valence-corrected chi connectivity index (χ3v) is 4.33. The summed E-state index contributed by atoms with van der Waals surface area (Å²) < 4.78 is 2.64. The van der Waals surface area contributed by atoms with E-state index in [1.54, 1.807) is 4.68 Å². The van der Waals surface area contributed by atoms with Crippen molar-refractivity contribution in [3.05, 3.63) is 76.0 Å². The Hall–Kier alpha value is -2.40. The highest BCUT2D eigenvalue weighted by molar-refractivity contribution is 9.10. The van der Waals surface area contributed by atoms with Gasteiger partial charge in [0, 0.05) is 4.47 Å². The van der Waals surface area contributed by atoms with Gasteiger partial charge >= 0.3 is 0 Å². The molecule has 0 atom stereocenters. The Morgan fingerprint density at radius 3 is 2.39 bits per heavy atom. The number of carbonyl (C=O) groups is 1. The number of aromatic nitrogens is 2. The minimum Gasteiger partial charge on any atom is -0.321 e. The van der Waals surface area contributed by atoms with Crippen LogP contribution < -0.4 is 5.32 Å². The average molecular weight is 370 g/mol. The zero-order chi connectivity index (χ0) is 16.4. The number of halogens is 1. The predicted octanol–water partition coefficient (Wildman–Crippen LogP) is 4.50. The summed E-state index contributed by atoms with van der Waals surface area (Å²) in [6.07, 6.45) is 0. The Kier molecular flexibility index (Phi) is 4.30.